The van der Waals surface area contributed by atoms with Crippen molar-refractivity contribution < 1.29 is 17.3 Å². The highest BCUT2D eigenvalue weighted by Crippen LogP contribution is 2.28. The van der Waals surface area contributed by atoms with Crippen molar-refractivity contribution in [2.24, 2.45) is 0 Å². The van der Waals surface area contributed by atoms with Crippen LogP contribution in [-0.2, 0) is 25.5 Å². The maximum absolute atomic E-state index is 12.7. The highest BCUT2D eigenvalue weighted by Gasteiger charge is 2.24. The third-order valence-electron chi connectivity index (χ3n) is 4.01. The molecule has 0 aromatic heterocycles. The van der Waals surface area contributed by atoms with Gasteiger partial charge in [-0.2, -0.15) is 8.42 Å². The molecule has 148 valence electrons. The number of aryl methyl sites for hydroxylation is 1. The smallest absolute Gasteiger partial charge is 0.297 e. The highest BCUT2D eigenvalue weighted by molar-refractivity contribution is 9.11. The molecule has 0 aliphatic carbocycles. The topological polar surface area (TPSA) is 52.6 Å². The van der Waals surface area contributed by atoms with Gasteiger partial charge in [-0.15, -0.1) is 0 Å². The van der Waals surface area contributed by atoms with E-state index in [0.717, 1.165) is 32.9 Å². The van der Waals surface area contributed by atoms with Gasteiger partial charge in [0, 0.05) is 22.0 Å². The number of ether oxygens (including phenoxy) is 1. The molecule has 0 aliphatic rings. The molecule has 27 heavy (non-hydrogen) atoms. The fourth-order valence-electron chi connectivity index (χ4n) is 2.48. The monoisotopic (exact) mass is 518 g/mol. The molecule has 2 aromatic carbocycles. The van der Waals surface area contributed by atoms with E-state index >= 15 is 0 Å². The lowest BCUT2D eigenvalue weighted by molar-refractivity contribution is 0.0518. The van der Waals surface area contributed by atoms with Gasteiger partial charge >= 0.3 is 0 Å². The first kappa shape index (κ1) is 22.6. The Morgan fingerprint density at radius 3 is 2.26 bits per heavy atom. The van der Waals surface area contributed by atoms with Crippen molar-refractivity contribution in [3.63, 3.8) is 0 Å². The summed E-state index contributed by atoms with van der Waals surface area (Å²) in [5.74, 6) is 0. The third-order valence-corrected chi connectivity index (χ3v) is 6.87. The van der Waals surface area contributed by atoms with Gasteiger partial charge in [-0.1, -0.05) is 69.0 Å². The van der Waals surface area contributed by atoms with Gasteiger partial charge in [0.2, 0.25) is 0 Å². The predicted molar refractivity (Wildman–Crippen MR) is 115 cm³/mol. The quantitative estimate of drug-likeness (QED) is 0.300. The van der Waals surface area contributed by atoms with E-state index in [2.05, 4.69) is 38.8 Å². The van der Waals surface area contributed by atoms with E-state index in [1.165, 1.54) is 0 Å². The Morgan fingerprint density at radius 2 is 1.67 bits per heavy atom. The molecule has 0 saturated carbocycles. The molecule has 0 amide bonds. The fourth-order valence-corrected chi connectivity index (χ4v) is 4.86. The molecular weight excluding hydrogens is 496 g/mol. The minimum absolute atomic E-state index is 0.151. The van der Waals surface area contributed by atoms with E-state index in [1.54, 1.807) is 24.3 Å². The molecule has 2 rings (SSSR count). The van der Waals surface area contributed by atoms with Crippen molar-refractivity contribution in [1.29, 1.82) is 0 Å². The van der Waals surface area contributed by atoms with E-state index in [-0.39, 0.29) is 11.5 Å². The average molecular weight is 520 g/mol. The van der Waals surface area contributed by atoms with Crippen molar-refractivity contribution in [1.82, 2.24) is 0 Å². The number of hydrogen-bond acceptors (Lipinski definition) is 4. The lowest BCUT2D eigenvalue weighted by Gasteiger charge is -2.19. The summed E-state index contributed by atoms with van der Waals surface area (Å²) in [6, 6.07) is 12.4. The summed E-state index contributed by atoms with van der Waals surface area (Å²) in [6.45, 7) is 4.78. The van der Waals surface area contributed by atoms with Crippen molar-refractivity contribution in [3.05, 3.63) is 62.5 Å². The Morgan fingerprint density at radius 1 is 1.04 bits per heavy atom. The minimum Gasteiger partial charge on any atom is -0.379 e. The molecule has 4 nitrogen and oxygen atoms in total. The number of benzene rings is 2. The molecule has 0 unspecified atom stereocenters. The van der Waals surface area contributed by atoms with E-state index in [9.17, 15) is 8.42 Å². The van der Waals surface area contributed by atoms with Crippen LogP contribution in [0.4, 0.5) is 0 Å². The molecule has 0 N–H and O–H groups in total. The van der Waals surface area contributed by atoms with Gasteiger partial charge in [0.15, 0.2) is 0 Å². The number of rotatable bonds is 10. The fraction of sp³-hybridized carbons (Fsp3) is 0.400. The molecule has 0 spiro atoms. The normalized spacial score (nSPS) is 12.9. The van der Waals surface area contributed by atoms with Crippen molar-refractivity contribution in [2.45, 2.75) is 44.1 Å². The molecule has 0 bridgehead atoms. The van der Waals surface area contributed by atoms with E-state index in [4.69, 9.17) is 8.92 Å². The van der Waals surface area contributed by atoms with Crippen LogP contribution < -0.4 is 0 Å². The van der Waals surface area contributed by atoms with Crippen molar-refractivity contribution in [3.8, 4) is 0 Å². The average Bonchev–Trinajstić information content (AvgIpc) is 2.62. The van der Waals surface area contributed by atoms with Crippen LogP contribution in [0.15, 0.2) is 56.3 Å². The van der Waals surface area contributed by atoms with Crippen LogP contribution >= 0.6 is 31.9 Å². The summed E-state index contributed by atoms with van der Waals surface area (Å²) in [5.41, 5.74) is 1.94. The highest BCUT2D eigenvalue weighted by atomic mass is 79.9. The van der Waals surface area contributed by atoms with E-state index < -0.39 is 16.2 Å². The standard InChI is InChI=1S/C20H24Br2O4S/c1-3-4-12-25-14-16(13-18-19(21)6-5-7-20(18)22)26-27(23,24)17-10-8-15(2)9-11-17/h5-11,16H,3-4,12-14H2,1-2H3/t16-/m0/s1. The zero-order valence-corrected chi connectivity index (χ0v) is 19.4. The van der Waals surface area contributed by atoms with Gasteiger partial charge in [-0.25, -0.2) is 0 Å². The third kappa shape index (κ3) is 6.98. The van der Waals surface area contributed by atoms with E-state index in [1.807, 2.05) is 25.1 Å². The minimum atomic E-state index is -3.88. The first-order chi connectivity index (χ1) is 12.8. The predicted octanol–water partition coefficient (Wildman–Crippen LogP) is 5.65. The Bertz CT molecular complexity index is 815. The lowest BCUT2D eigenvalue weighted by Crippen LogP contribution is -2.27. The Hall–Kier alpha value is -0.730. The zero-order valence-electron chi connectivity index (χ0n) is 15.5. The first-order valence-corrected chi connectivity index (χ1v) is 11.8. The Labute approximate surface area is 178 Å². The van der Waals surface area contributed by atoms with Crippen LogP contribution in [0.3, 0.4) is 0 Å². The van der Waals surface area contributed by atoms with Crippen LogP contribution in [0.5, 0.6) is 0 Å². The molecule has 1 atom stereocenters. The molecule has 2 aromatic rings. The van der Waals surface area contributed by atoms with Crippen LogP contribution in [0.2, 0.25) is 0 Å². The molecule has 7 heteroatoms. The SMILES string of the molecule is CCCCOC[C@H](Cc1c(Br)cccc1Br)OS(=O)(=O)c1ccc(C)cc1. The van der Waals surface area contributed by atoms with Gasteiger partial charge in [0.05, 0.1) is 11.5 Å². The lowest BCUT2D eigenvalue weighted by atomic mass is 10.1. The van der Waals surface area contributed by atoms with E-state index in [0.29, 0.717) is 13.0 Å². The molecule has 0 radical (unpaired) electrons. The van der Waals surface area contributed by atoms with Gasteiger partial charge < -0.3 is 4.74 Å². The molecule has 0 fully saturated rings. The number of halogens is 2. The first-order valence-electron chi connectivity index (χ1n) is 8.84. The van der Waals surface area contributed by atoms with Gasteiger partial charge in [-0.05, 0) is 43.2 Å². The second-order valence-corrected chi connectivity index (χ2v) is 9.60. The maximum Gasteiger partial charge on any atom is 0.297 e. The second-order valence-electron chi connectivity index (χ2n) is 6.32. The summed E-state index contributed by atoms with van der Waals surface area (Å²) in [7, 11) is -3.88. The summed E-state index contributed by atoms with van der Waals surface area (Å²) in [5, 5.41) is 0. The summed E-state index contributed by atoms with van der Waals surface area (Å²) < 4.78 is 38.4. The number of unbranched alkanes of at least 4 members (excludes halogenated alkanes) is 1. The largest absolute Gasteiger partial charge is 0.379 e. The van der Waals surface area contributed by atoms with Crippen LogP contribution in [0, 0.1) is 6.92 Å². The number of hydrogen-bond donors (Lipinski definition) is 0. The summed E-state index contributed by atoms with van der Waals surface area (Å²) >= 11 is 7.05. The molecule has 0 saturated heterocycles. The molecule has 0 aliphatic heterocycles. The summed E-state index contributed by atoms with van der Waals surface area (Å²) in [6.07, 6.45) is 1.72. The van der Waals surface area contributed by atoms with Gasteiger partial charge in [0.1, 0.15) is 6.10 Å². The van der Waals surface area contributed by atoms with Crippen molar-refractivity contribution in [2.75, 3.05) is 13.2 Å². The zero-order chi connectivity index (χ0) is 19.9. The van der Waals surface area contributed by atoms with Crippen LogP contribution in [0.25, 0.3) is 0 Å². The van der Waals surface area contributed by atoms with Gasteiger partial charge in [0.25, 0.3) is 10.1 Å². The van der Waals surface area contributed by atoms with Gasteiger partial charge in [-0.3, -0.25) is 4.18 Å². The molecule has 0 heterocycles. The Balaban J connectivity index is 2.19. The van der Waals surface area contributed by atoms with Crippen LogP contribution in [0.1, 0.15) is 30.9 Å². The van der Waals surface area contributed by atoms with Crippen molar-refractivity contribution >= 4 is 42.0 Å². The Kier molecular flexibility index (Phi) is 8.95. The second kappa shape index (κ2) is 10.7. The summed E-state index contributed by atoms with van der Waals surface area (Å²) in [4.78, 5) is 0.151. The van der Waals surface area contributed by atoms with Crippen LogP contribution in [-0.4, -0.2) is 27.7 Å². The maximum atomic E-state index is 12.7. The molecular formula is C20H24Br2O4S.